The Morgan fingerprint density at radius 2 is 1.78 bits per heavy atom. The molecule has 6 nitrogen and oxygen atoms in total. The molecule has 0 aromatic heterocycles. The largest absolute Gasteiger partial charge is 0.481 e. The number of esters is 1. The molecule has 0 spiro atoms. The van der Waals surface area contributed by atoms with Gasteiger partial charge < -0.3 is 19.4 Å². The Morgan fingerprint density at radius 1 is 1.28 bits per heavy atom. The molecule has 0 saturated carbocycles. The van der Waals surface area contributed by atoms with Crippen molar-refractivity contribution in [2.75, 3.05) is 27.7 Å². The fourth-order valence-corrected chi connectivity index (χ4v) is 1.53. The lowest BCUT2D eigenvalue weighted by atomic mass is 10.1. The first-order valence-electron chi connectivity index (χ1n) is 5.83. The summed E-state index contributed by atoms with van der Waals surface area (Å²) >= 11 is 0. The number of carbonyl (C=O) groups excluding carboxylic acids is 1. The second kappa shape index (κ2) is 6.15. The molecule has 0 aliphatic rings. The van der Waals surface area contributed by atoms with Gasteiger partial charge in [0.05, 0.1) is 39.6 Å². The Balaban J connectivity index is 4.50. The summed E-state index contributed by atoms with van der Waals surface area (Å²) in [5, 5.41) is 18.3. The van der Waals surface area contributed by atoms with Gasteiger partial charge in [-0.25, -0.2) is 0 Å². The van der Waals surface area contributed by atoms with Gasteiger partial charge in [-0.2, -0.15) is 0 Å². The fourth-order valence-electron chi connectivity index (χ4n) is 1.53. The summed E-state index contributed by atoms with van der Waals surface area (Å²) in [6.45, 7) is 3.41. The molecule has 0 fully saturated rings. The average molecular weight is 262 g/mol. The van der Waals surface area contributed by atoms with Gasteiger partial charge in [-0.1, -0.05) is 0 Å². The Kier molecular flexibility index (Phi) is 5.76. The van der Waals surface area contributed by atoms with Gasteiger partial charge in [-0.3, -0.25) is 9.59 Å². The normalized spacial score (nSPS) is 14.1. The summed E-state index contributed by atoms with van der Waals surface area (Å²) < 4.78 is 5.61. The maximum absolute atomic E-state index is 11.6. The zero-order chi connectivity index (χ0) is 14.6. The predicted molar refractivity (Wildman–Crippen MR) is 65.9 cm³/mol. The summed E-state index contributed by atoms with van der Waals surface area (Å²) in [5.74, 6) is -1.59. The molecule has 0 aliphatic carbocycles. The number of quaternary nitrogens is 1. The standard InChI is InChI=1S/C12H23NO5/c1-12(2,17)7-11(16)18-9(6-10(14)15)8-13(3,4)5/h9,17H,6-8H2,1-5H3/p+1/t9-/m0/s1. The molecule has 0 unspecified atom stereocenters. The van der Waals surface area contributed by atoms with Gasteiger partial charge in [0.1, 0.15) is 6.54 Å². The van der Waals surface area contributed by atoms with Crippen LogP contribution in [-0.4, -0.2) is 66.0 Å². The maximum Gasteiger partial charge on any atom is 0.309 e. The molecular weight excluding hydrogens is 238 g/mol. The van der Waals surface area contributed by atoms with Crippen molar-refractivity contribution in [3.63, 3.8) is 0 Å². The lowest BCUT2D eigenvalue weighted by molar-refractivity contribution is -0.873. The van der Waals surface area contributed by atoms with Crippen LogP contribution in [-0.2, 0) is 14.3 Å². The highest BCUT2D eigenvalue weighted by Crippen LogP contribution is 2.12. The van der Waals surface area contributed by atoms with Gasteiger partial charge >= 0.3 is 11.9 Å². The number of carboxylic acid groups (broad SMARTS) is 1. The maximum atomic E-state index is 11.6. The molecular formula is C12H24NO5+. The molecule has 0 bridgehead atoms. The monoisotopic (exact) mass is 262 g/mol. The minimum absolute atomic E-state index is 0.153. The van der Waals surface area contributed by atoms with Crippen molar-refractivity contribution in [3.8, 4) is 0 Å². The molecule has 0 rings (SSSR count). The third kappa shape index (κ3) is 10.0. The van der Waals surface area contributed by atoms with Crippen molar-refractivity contribution < 1.29 is 29.0 Å². The minimum atomic E-state index is -1.15. The summed E-state index contributed by atoms with van der Waals surface area (Å²) in [7, 11) is 5.66. The van der Waals surface area contributed by atoms with E-state index < -0.39 is 23.6 Å². The van der Waals surface area contributed by atoms with Crippen LogP contribution in [0.2, 0.25) is 0 Å². The molecule has 0 aromatic rings. The predicted octanol–water partition coefficient (Wildman–Crippen LogP) is 0.240. The zero-order valence-corrected chi connectivity index (χ0v) is 11.8. The lowest BCUT2D eigenvalue weighted by Gasteiger charge is -2.28. The number of aliphatic carboxylic acids is 1. The lowest BCUT2D eigenvalue weighted by Crippen LogP contribution is -2.44. The number of aliphatic hydroxyl groups is 1. The SMILES string of the molecule is CC(C)(O)CC(=O)O[C@@H](CC(=O)O)C[N+](C)(C)C. The summed E-state index contributed by atoms with van der Waals surface area (Å²) in [6.07, 6.45) is -1.06. The number of hydrogen-bond acceptors (Lipinski definition) is 4. The van der Waals surface area contributed by atoms with Crippen LogP contribution in [0, 0.1) is 0 Å². The number of carboxylic acids is 1. The van der Waals surface area contributed by atoms with E-state index in [9.17, 15) is 14.7 Å². The highest BCUT2D eigenvalue weighted by Gasteiger charge is 2.27. The van der Waals surface area contributed by atoms with E-state index in [1.165, 1.54) is 13.8 Å². The summed E-state index contributed by atoms with van der Waals surface area (Å²) in [4.78, 5) is 22.3. The van der Waals surface area contributed by atoms with Gasteiger partial charge in [0.15, 0.2) is 6.10 Å². The Hall–Kier alpha value is -1.14. The second-order valence-electron chi connectivity index (χ2n) is 6.17. The number of likely N-dealkylation sites (N-methyl/N-ethyl adjacent to an activating group) is 1. The van der Waals surface area contributed by atoms with Crippen LogP contribution in [0.3, 0.4) is 0 Å². The molecule has 1 atom stereocenters. The third-order valence-electron chi connectivity index (χ3n) is 2.03. The molecule has 6 heteroatoms. The van der Waals surface area contributed by atoms with Crippen LogP contribution < -0.4 is 0 Å². The van der Waals surface area contributed by atoms with E-state index in [1.54, 1.807) is 0 Å². The topological polar surface area (TPSA) is 83.8 Å². The van der Waals surface area contributed by atoms with Crippen molar-refractivity contribution >= 4 is 11.9 Å². The van der Waals surface area contributed by atoms with Crippen LogP contribution >= 0.6 is 0 Å². The van der Waals surface area contributed by atoms with E-state index >= 15 is 0 Å². The van der Waals surface area contributed by atoms with Crippen LogP contribution in [0.5, 0.6) is 0 Å². The number of carbonyl (C=O) groups is 2. The van der Waals surface area contributed by atoms with Crippen molar-refractivity contribution in [1.82, 2.24) is 0 Å². The number of nitrogens with zero attached hydrogens (tertiary/aromatic N) is 1. The molecule has 0 heterocycles. The Bertz CT molecular complexity index is 301. The van der Waals surface area contributed by atoms with Crippen LogP contribution in [0.15, 0.2) is 0 Å². The number of hydrogen-bond donors (Lipinski definition) is 2. The molecule has 0 amide bonds. The summed E-state index contributed by atoms with van der Waals surface area (Å²) in [5.41, 5.74) is -1.15. The average Bonchev–Trinajstić information content (AvgIpc) is 1.92. The third-order valence-corrected chi connectivity index (χ3v) is 2.03. The highest BCUT2D eigenvalue weighted by atomic mass is 16.5. The zero-order valence-electron chi connectivity index (χ0n) is 11.8. The minimum Gasteiger partial charge on any atom is -0.481 e. The highest BCUT2D eigenvalue weighted by molar-refractivity contribution is 5.72. The first kappa shape index (κ1) is 16.9. The molecule has 0 aromatic carbocycles. The van der Waals surface area contributed by atoms with E-state index in [0.717, 1.165) is 0 Å². The van der Waals surface area contributed by atoms with Crippen LogP contribution in [0.4, 0.5) is 0 Å². The van der Waals surface area contributed by atoms with Gasteiger partial charge in [0, 0.05) is 0 Å². The van der Waals surface area contributed by atoms with Crippen LogP contribution in [0.1, 0.15) is 26.7 Å². The smallest absolute Gasteiger partial charge is 0.309 e. The summed E-state index contributed by atoms with van der Waals surface area (Å²) in [6, 6.07) is 0. The molecule has 0 saturated heterocycles. The number of ether oxygens (including phenoxy) is 1. The van der Waals surface area contributed by atoms with Crippen molar-refractivity contribution in [1.29, 1.82) is 0 Å². The fraction of sp³-hybridized carbons (Fsp3) is 0.833. The van der Waals surface area contributed by atoms with Gasteiger partial charge in [0.2, 0.25) is 0 Å². The quantitative estimate of drug-likeness (QED) is 0.507. The molecule has 106 valence electrons. The van der Waals surface area contributed by atoms with E-state index in [-0.39, 0.29) is 12.8 Å². The Morgan fingerprint density at radius 3 is 2.11 bits per heavy atom. The van der Waals surface area contributed by atoms with Gasteiger partial charge in [0.25, 0.3) is 0 Å². The van der Waals surface area contributed by atoms with E-state index in [1.807, 2.05) is 21.1 Å². The first-order valence-corrected chi connectivity index (χ1v) is 5.83. The van der Waals surface area contributed by atoms with Crippen molar-refractivity contribution in [3.05, 3.63) is 0 Å². The molecule has 2 N–H and O–H groups in total. The first-order chi connectivity index (χ1) is 7.89. The van der Waals surface area contributed by atoms with Crippen LogP contribution in [0.25, 0.3) is 0 Å². The second-order valence-corrected chi connectivity index (χ2v) is 6.17. The van der Waals surface area contributed by atoms with E-state index in [2.05, 4.69) is 0 Å². The van der Waals surface area contributed by atoms with Gasteiger partial charge in [-0.15, -0.1) is 0 Å². The molecule has 18 heavy (non-hydrogen) atoms. The van der Waals surface area contributed by atoms with Crippen molar-refractivity contribution in [2.45, 2.75) is 38.4 Å². The number of rotatable bonds is 7. The van der Waals surface area contributed by atoms with Gasteiger partial charge in [-0.05, 0) is 13.8 Å². The van der Waals surface area contributed by atoms with Crippen molar-refractivity contribution in [2.24, 2.45) is 0 Å². The molecule has 0 aliphatic heterocycles. The van der Waals surface area contributed by atoms with E-state index in [0.29, 0.717) is 11.0 Å². The Labute approximate surface area is 108 Å². The van der Waals surface area contributed by atoms with E-state index in [4.69, 9.17) is 9.84 Å². The molecule has 0 radical (unpaired) electrons.